The molecule has 0 aromatic heterocycles. The molecule has 0 radical (unpaired) electrons. The van der Waals surface area contributed by atoms with E-state index in [4.69, 9.17) is 5.26 Å². The van der Waals surface area contributed by atoms with Crippen molar-refractivity contribution in [1.82, 2.24) is 0 Å². The van der Waals surface area contributed by atoms with Gasteiger partial charge in [-0.05, 0) is 30.7 Å². The van der Waals surface area contributed by atoms with Crippen molar-refractivity contribution in [2.45, 2.75) is 6.42 Å². The van der Waals surface area contributed by atoms with Crippen LogP contribution in [0.1, 0.15) is 11.1 Å². The second-order valence-electron chi connectivity index (χ2n) is 4.74. The van der Waals surface area contributed by atoms with Crippen molar-refractivity contribution in [2.24, 2.45) is 0 Å². The Bertz CT molecular complexity index is 733. The van der Waals surface area contributed by atoms with Gasteiger partial charge in [0.25, 0.3) is 0 Å². The number of para-hydroxylation sites is 1. The smallest absolute Gasteiger partial charge is 0.323 e. The molecule has 0 spiro atoms. The molecular formula is C16H14N4O. The first-order valence-corrected chi connectivity index (χ1v) is 6.71. The molecule has 1 heterocycles. The van der Waals surface area contributed by atoms with Crippen molar-refractivity contribution in [3.63, 3.8) is 0 Å². The van der Waals surface area contributed by atoms with Gasteiger partial charge in [0.05, 0.1) is 11.3 Å². The van der Waals surface area contributed by atoms with Crippen LogP contribution in [0.15, 0.2) is 42.5 Å². The lowest BCUT2D eigenvalue weighted by atomic mass is 10.1. The van der Waals surface area contributed by atoms with Gasteiger partial charge in [-0.2, -0.15) is 5.26 Å². The van der Waals surface area contributed by atoms with Crippen LogP contribution < -0.4 is 16.0 Å². The van der Waals surface area contributed by atoms with E-state index in [1.165, 1.54) is 0 Å². The number of nitrogens with zero attached hydrogens (tertiary/aromatic N) is 1. The topological polar surface area (TPSA) is 77.0 Å². The predicted molar refractivity (Wildman–Crippen MR) is 82.4 cm³/mol. The Morgan fingerprint density at radius 3 is 2.71 bits per heavy atom. The monoisotopic (exact) mass is 278 g/mol. The van der Waals surface area contributed by atoms with Crippen molar-refractivity contribution in [1.29, 1.82) is 5.26 Å². The van der Waals surface area contributed by atoms with Crippen LogP contribution in [0.25, 0.3) is 0 Å². The number of rotatable bonds is 2. The minimum atomic E-state index is -0.349. The van der Waals surface area contributed by atoms with Crippen LogP contribution in [0.5, 0.6) is 0 Å². The number of urea groups is 1. The Hall–Kier alpha value is -3.00. The van der Waals surface area contributed by atoms with Crippen molar-refractivity contribution in [3.05, 3.63) is 53.6 Å². The van der Waals surface area contributed by atoms with Gasteiger partial charge in [-0.3, -0.25) is 0 Å². The molecule has 5 heteroatoms. The average Bonchev–Trinajstić information content (AvgIpc) is 2.97. The molecular weight excluding hydrogens is 264 g/mol. The van der Waals surface area contributed by atoms with E-state index in [0.29, 0.717) is 11.3 Å². The normalized spacial score (nSPS) is 12.0. The van der Waals surface area contributed by atoms with Gasteiger partial charge in [-0.1, -0.05) is 18.2 Å². The lowest BCUT2D eigenvalue weighted by molar-refractivity contribution is 0.262. The van der Waals surface area contributed by atoms with Gasteiger partial charge in [0.15, 0.2) is 0 Å². The number of amides is 2. The van der Waals surface area contributed by atoms with Crippen LogP contribution in [0.3, 0.4) is 0 Å². The van der Waals surface area contributed by atoms with Crippen molar-refractivity contribution in [2.75, 3.05) is 22.5 Å². The summed E-state index contributed by atoms with van der Waals surface area (Å²) in [4.78, 5) is 12.1. The maximum absolute atomic E-state index is 12.1. The molecule has 2 amide bonds. The third kappa shape index (κ3) is 2.65. The van der Waals surface area contributed by atoms with Gasteiger partial charge >= 0.3 is 6.03 Å². The van der Waals surface area contributed by atoms with Crippen LogP contribution in [0.2, 0.25) is 0 Å². The van der Waals surface area contributed by atoms with Gasteiger partial charge in [-0.15, -0.1) is 0 Å². The second-order valence-corrected chi connectivity index (χ2v) is 4.74. The average molecular weight is 278 g/mol. The summed E-state index contributed by atoms with van der Waals surface area (Å²) in [6.45, 7) is 0.882. The van der Waals surface area contributed by atoms with E-state index in [2.05, 4.69) is 22.0 Å². The van der Waals surface area contributed by atoms with Gasteiger partial charge in [0.2, 0.25) is 0 Å². The zero-order chi connectivity index (χ0) is 14.7. The van der Waals surface area contributed by atoms with Gasteiger partial charge in [-0.25, -0.2) is 4.79 Å². The Kier molecular flexibility index (Phi) is 3.44. The van der Waals surface area contributed by atoms with Crippen LogP contribution in [0.4, 0.5) is 21.9 Å². The zero-order valence-electron chi connectivity index (χ0n) is 11.3. The number of hydrogen-bond donors (Lipinski definition) is 3. The maximum Gasteiger partial charge on any atom is 0.323 e. The van der Waals surface area contributed by atoms with E-state index in [1.807, 2.05) is 18.2 Å². The van der Waals surface area contributed by atoms with E-state index >= 15 is 0 Å². The first-order valence-electron chi connectivity index (χ1n) is 6.71. The Morgan fingerprint density at radius 2 is 1.86 bits per heavy atom. The highest BCUT2D eigenvalue weighted by atomic mass is 16.2. The predicted octanol–water partition coefficient (Wildman–Crippen LogP) is 3.17. The van der Waals surface area contributed by atoms with Gasteiger partial charge in [0, 0.05) is 23.5 Å². The minimum absolute atomic E-state index is 0.349. The SMILES string of the molecule is N#Cc1ccccc1NC(=O)Nc1cccc2c1CCN2. The summed E-state index contributed by atoms with van der Waals surface area (Å²) in [5.74, 6) is 0. The van der Waals surface area contributed by atoms with Crippen LogP contribution in [0, 0.1) is 11.3 Å². The van der Waals surface area contributed by atoms with Gasteiger partial charge < -0.3 is 16.0 Å². The third-order valence-corrected chi connectivity index (χ3v) is 3.41. The van der Waals surface area contributed by atoms with E-state index in [-0.39, 0.29) is 6.03 Å². The van der Waals surface area contributed by atoms with E-state index in [0.717, 1.165) is 29.9 Å². The Balaban J connectivity index is 1.76. The van der Waals surface area contributed by atoms with E-state index in [9.17, 15) is 4.79 Å². The third-order valence-electron chi connectivity index (χ3n) is 3.41. The summed E-state index contributed by atoms with van der Waals surface area (Å²) >= 11 is 0. The second kappa shape index (κ2) is 5.55. The molecule has 3 N–H and O–H groups in total. The molecule has 1 aliphatic heterocycles. The zero-order valence-corrected chi connectivity index (χ0v) is 11.3. The number of carbonyl (C=O) groups is 1. The molecule has 0 unspecified atom stereocenters. The molecule has 104 valence electrons. The largest absolute Gasteiger partial charge is 0.384 e. The summed E-state index contributed by atoms with van der Waals surface area (Å²) in [6.07, 6.45) is 0.889. The van der Waals surface area contributed by atoms with Crippen molar-refractivity contribution < 1.29 is 4.79 Å². The summed E-state index contributed by atoms with van der Waals surface area (Å²) in [5, 5.41) is 17.8. The molecule has 0 atom stereocenters. The molecule has 2 aromatic carbocycles. The highest BCUT2D eigenvalue weighted by Crippen LogP contribution is 2.29. The first kappa shape index (κ1) is 13.0. The molecule has 0 fully saturated rings. The fourth-order valence-electron chi connectivity index (χ4n) is 2.43. The molecule has 0 bridgehead atoms. The number of nitriles is 1. The standard InChI is InChI=1S/C16H14N4O/c17-10-11-4-1-2-5-13(11)19-16(21)20-15-7-3-6-14-12(15)8-9-18-14/h1-7,18H,8-9H2,(H2,19,20,21). The van der Waals surface area contributed by atoms with Crippen LogP contribution in [-0.2, 0) is 6.42 Å². The lowest BCUT2D eigenvalue weighted by Gasteiger charge is -2.11. The van der Waals surface area contributed by atoms with Crippen molar-refractivity contribution >= 4 is 23.1 Å². The Morgan fingerprint density at radius 1 is 1.10 bits per heavy atom. The Labute approximate surface area is 122 Å². The minimum Gasteiger partial charge on any atom is -0.384 e. The molecule has 3 rings (SSSR count). The summed E-state index contributed by atoms with van der Waals surface area (Å²) in [7, 11) is 0. The molecule has 1 aliphatic rings. The number of fused-ring (bicyclic) bond motifs is 1. The number of hydrogen-bond acceptors (Lipinski definition) is 3. The van der Waals surface area contributed by atoms with E-state index < -0.39 is 0 Å². The molecule has 21 heavy (non-hydrogen) atoms. The van der Waals surface area contributed by atoms with Crippen molar-refractivity contribution in [3.8, 4) is 6.07 Å². The molecule has 0 aliphatic carbocycles. The molecule has 5 nitrogen and oxygen atoms in total. The fourth-order valence-corrected chi connectivity index (χ4v) is 2.43. The quantitative estimate of drug-likeness (QED) is 0.789. The maximum atomic E-state index is 12.1. The highest BCUT2D eigenvalue weighted by Gasteiger charge is 2.15. The fraction of sp³-hybridized carbons (Fsp3) is 0.125. The molecule has 0 saturated carbocycles. The number of carbonyl (C=O) groups excluding carboxylic acids is 1. The summed E-state index contributed by atoms with van der Waals surface area (Å²) in [5.41, 5.74) is 3.91. The molecule has 0 saturated heterocycles. The number of benzene rings is 2. The van der Waals surface area contributed by atoms with Crippen LogP contribution >= 0.6 is 0 Å². The number of anilines is 3. The highest BCUT2D eigenvalue weighted by molar-refractivity contribution is 6.01. The lowest BCUT2D eigenvalue weighted by Crippen LogP contribution is -2.20. The summed E-state index contributed by atoms with van der Waals surface area (Å²) < 4.78 is 0. The number of nitrogens with one attached hydrogen (secondary N) is 3. The summed E-state index contributed by atoms with van der Waals surface area (Å²) in [6, 6.07) is 14.4. The van der Waals surface area contributed by atoms with Gasteiger partial charge in [0.1, 0.15) is 6.07 Å². The molecule has 2 aromatic rings. The van der Waals surface area contributed by atoms with Crippen LogP contribution in [-0.4, -0.2) is 12.6 Å². The first-order chi connectivity index (χ1) is 10.3. The van der Waals surface area contributed by atoms with E-state index in [1.54, 1.807) is 24.3 Å².